The molecule has 0 aromatic heterocycles. The predicted octanol–water partition coefficient (Wildman–Crippen LogP) is 2.90. The zero-order chi connectivity index (χ0) is 12.7. The van der Waals surface area contributed by atoms with Crippen LogP contribution in [0.5, 0.6) is 0 Å². The number of esters is 1. The van der Waals surface area contributed by atoms with Gasteiger partial charge in [-0.2, -0.15) is 0 Å². The van der Waals surface area contributed by atoms with Gasteiger partial charge in [-0.1, -0.05) is 23.7 Å². The largest absolute Gasteiger partial charge is 0.461 e. The van der Waals surface area contributed by atoms with Crippen LogP contribution in [-0.2, 0) is 16.1 Å². The molecule has 2 N–H and O–H groups in total. The van der Waals surface area contributed by atoms with Crippen molar-refractivity contribution in [2.45, 2.75) is 38.8 Å². The number of benzene rings is 1. The van der Waals surface area contributed by atoms with E-state index in [1.54, 1.807) is 12.1 Å². The van der Waals surface area contributed by atoms with Crippen LogP contribution in [0.15, 0.2) is 24.3 Å². The number of nitrogens with two attached hydrogens (primary N) is 1. The lowest BCUT2D eigenvalue weighted by molar-refractivity contribution is -0.145. The van der Waals surface area contributed by atoms with Crippen molar-refractivity contribution in [3.8, 4) is 0 Å². The Morgan fingerprint density at radius 1 is 1.41 bits per heavy atom. The molecule has 94 valence electrons. The molecule has 0 fully saturated rings. The lowest BCUT2D eigenvalue weighted by atomic mass is 10.1. The molecule has 0 aliphatic rings. The molecule has 0 aliphatic carbocycles. The second-order valence-electron chi connectivity index (χ2n) is 4.16. The van der Waals surface area contributed by atoms with Gasteiger partial charge in [0.1, 0.15) is 6.61 Å². The van der Waals surface area contributed by atoms with Crippen LogP contribution in [-0.4, -0.2) is 12.0 Å². The van der Waals surface area contributed by atoms with Crippen LogP contribution in [0.3, 0.4) is 0 Å². The minimum Gasteiger partial charge on any atom is -0.461 e. The Bertz CT molecular complexity index is 349. The van der Waals surface area contributed by atoms with Gasteiger partial charge in [0.05, 0.1) is 0 Å². The molecule has 0 heterocycles. The Morgan fingerprint density at radius 3 is 2.65 bits per heavy atom. The van der Waals surface area contributed by atoms with Crippen LogP contribution in [0.4, 0.5) is 0 Å². The maximum absolute atomic E-state index is 11.4. The van der Waals surface area contributed by atoms with Crippen molar-refractivity contribution in [3.05, 3.63) is 34.9 Å². The summed E-state index contributed by atoms with van der Waals surface area (Å²) in [5.74, 6) is -0.180. The average Bonchev–Trinajstić information content (AvgIpc) is 2.28. The molecule has 0 saturated carbocycles. The van der Waals surface area contributed by atoms with Crippen molar-refractivity contribution in [1.82, 2.24) is 0 Å². The number of carbonyl (C=O) groups excluding carboxylic acids is 1. The number of rotatable bonds is 6. The van der Waals surface area contributed by atoms with Gasteiger partial charge >= 0.3 is 5.97 Å². The summed E-state index contributed by atoms with van der Waals surface area (Å²) >= 11 is 5.75. The van der Waals surface area contributed by atoms with Gasteiger partial charge in [0.2, 0.25) is 0 Å². The number of hydrogen-bond donors (Lipinski definition) is 1. The first-order chi connectivity index (χ1) is 8.08. The van der Waals surface area contributed by atoms with E-state index in [4.69, 9.17) is 22.1 Å². The van der Waals surface area contributed by atoms with Crippen molar-refractivity contribution in [2.75, 3.05) is 0 Å². The summed E-state index contributed by atoms with van der Waals surface area (Å²) in [5.41, 5.74) is 6.53. The van der Waals surface area contributed by atoms with Crippen LogP contribution >= 0.6 is 11.6 Å². The highest BCUT2D eigenvalue weighted by Crippen LogP contribution is 2.10. The fourth-order valence-electron chi connectivity index (χ4n) is 1.39. The van der Waals surface area contributed by atoms with Crippen molar-refractivity contribution < 1.29 is 9.53 Å². The number of halogens is 1. The maximum Gasteiger partial charge on any atom is 0.306 e. The molecule has 17 heavy (non-hydrogen) atoms. The van der Waals surface area contributed by atoms with Gasteiger partial charge in [0.25, 0.3) is 0 Å². The van der Waals surface area contributed by atoms with Gasteiger partial charge in [-0.05, 0) is 37.5 Å². The summed E-state index contributed by atoms with van der Waals surface area (Å²) in [6, 6.07) is 7.38. The topological polar surface area (TPSA) is 52.3 Å². The van der Waals surface area contributed by atoms with E-state index in [0.29, 0.717) is 18.1 Å². The molecular formula is C13H18ClNO2. The summed E-state index contributed by atoms with van der Waals surface area (Å²) in [5, 5.41) is 0.678. The Morgan fingerprint density at radius 2 is 2.06 bits per heavy atom. The minimum atomic E-state index is -0.180. The summed E-state index contributed by atoms with van der Waals surface area (Å²) in [6.45, 7) is 2.23. The molecule has 1 aromatic rings. The standard InChI is InChI=1S/C13H18ClNO2/c1-10(15)3-2-4-13(16)17-9-11-5-7-12(14)8-6-11/h5-8,10H,2-4,9,15H2,1H3. The van der Waals surface area contributed by atoms with E-state index in [1.165, 1.54) is 0 Å². The zero-order valence-electron chi connectivity index (χ0n) is 9.99. The molecule has 1 aromatic carbocycles. The lowest BCUT2D eigenvalue weighted by Crippen LogP contribution is -2.15. The summed E-state index contributed by atoms with van der Waals surface area (Å²) in [4.78, 5) is 11.4. The first kappa shape index (κ1) is 14.0. The molecule has 1 rings (SSSR count). The van der Waals surface area contributed by atoms with E-state index in [0.717, 1.165) is 18.4 Å². The van der Waals surface area contributed by atoms with Crippen LogP contribution in [0, 0.1) is 0 Å². The fraction of sp³-hybridized carbons (Fsp3) is 0.462. The molecule has 0 bridgehead atoms. The van der Waals surface area contributed by atoms with Gasteiger partial charge in [0, 0.05) is 17.5 Å². The quantitative estimate of drug-likeness (QED) is 0.796. The lowest BCUT2D eigenvalue weighted by Gasteiger charge is -2.06. The molecule has 0 saturated heterocycles. The molecule has 1 unspecified atom stereocenters. The Hall–Kier alpha value is -1.06. The smallest absolute Gasteiger partial charge is 0.306 e. The van der Waals surface area contributed by atoms with Crippen LogP contribution < -0.4 is 5.73 Å². The molecule has 0 amide bonds. The SMILES string of the molecule is CC(N)CCCC(=O)OCc1ccc(Cl)cc1. The third-order valence-corrected chi connectivity index (χ3v) is 2.61. The normalized spacial score (nSPS) is 12.2. The summed E-state index contributed by atoms with van der Waals surface area (Å²) in [7, 11) is 0. The van der Waals surface area contributed by atoms with Crippen LogP contribution in [0.1, 0.15) is 31.7 Å². The molecule has 1 atom stereocenters. The Labute approximate surface area is 107 Å². The molecule has 3 nitrogen and oxygen atoms in total. The van der Waals surface area contributed by atoms with E-state index < -0.39 is 0 Å². The average molecular weight is 256 g/mol. The highest BCUT2D eigenvalue weighted by Gasteiger charge is 2.04. The second-order valence-corrected chi connectivity index (χ2v) is 4.59. The monoisotopic (exact) mass is 255 g/mol. The number of ether oxygens (including phenoxy) is 1. The van der Waals surface area contributed by atoms with Crippen LogP contribution in [0.2, 0.25) is 5.02 Å². The van der Waals surface area contributed by atoms with Crippen molar-refractivity contribution >= 4 is 17.6 Å². The minimum absolute atomic E-state index is 0.138. The highest BCUT2D eigenvalue weighted by molar-refractivity contribution is 6.30. The van der Waals surface area contributed by atoms with Gasteiger partial charge in [0.15, 0.2) is 0 Å². The highest BCUT2D eigenvalue weighted by atomic mass is 35.5. The van der Waals surface area contributed by atoms with Gasteiger partial charge in [-0.15, -0.1) is 0 Å². The zero-order valence-corrected chi connectivity index (χ0v) is 10.7. The van der Waals surface area contributed by atoms with Gasteiger partial charge in [-0.25, -0.2) is 0 Å². The molecular weight excluding hydrogens is 238 g/mol. The Balaban J connectivity index is 2.21. The molecule has 0 spiro atoms. The fourth-order valence-corrected chi connectivity index (χ4v) is 1.51. The van der Waals surface area contributed by atoms with Crippen molar-refractivity contribution in [2.24, 2.45) is 5.73 Å². The second kappa shape index (κ2) is 7.30. The van der Waals surface area contributed by atoms with Crippen molar-refractivity contribution in [3.63, 3.8) is 0 Å². The first-order valence-corrected chi connectivity index (χ1v) is 6.11. The van der Waals surface area contributed by atoms with Crippen LogP contribution in [0.25, 0.3) is 0 Å². The van der Waals surface area contributed by atoms with Crippen molar-refractivity contribution in [1.29, 1.82) is 0 Å². The summed E-state index contributed by atoms with van der Waals surface area (Å²) < 4.78 is 5.13. The van der Waals surface area contributed by atoms with Gasteiger partial charge in [-0.3, -0.25) is 4.79 Å². The van der Waals surface area contributed by atoms with E-state index in [-0.39, 0.29) is 12.0 Å². The summed E-state index contributed by atoms with van der Waals surface area (Å²) in [6.07, 6.45) is 2.04. The van der Waals surface area contributed by atoms with E-state index in [9.17, 15) is 4.79 Å². The number of hydrogen-bond acceptors (Lipinski definition) is 3. The van der Waals surface area contributed by atoms with E-state index in [2.05, 4.69) is 0 Å². The van der Waals surface area contributed by atoms with E-state index >= 15 is 0 Å². The third-order valence-electron chi connectivity index (χ3n) is 2.35. The number of carbonyl (C=O) groups is 1. The Kier molecular flexibility index (Phi) is 6.01. The molecule has 4 heteroatoms. The first-order valence-electron chi connectivity index (χ1n) is 5.73. The molecule has 0 aliphatic heterocycles. The maximum atomic E-state index is 11.4. The predicted molar refractivity (Wildman–Crippen MR) is 68.7 cm³/mol. The third kappa shape index (κ3) is 6.29. The van der Waals surface area contributed by atoms with E-state index in [1.807, 2.05) is 19.1 Å². The molecule has 0 radical (unpaired) electrons. The van der Waals surface area contributed by atoms with Gasteiger partial charge < -0.3 is 10.5 Å².